The van der Waals surface area contributed by atoms with E-state index in [9.17, 15) is 4.79 Å². The SMILES string of the molecule is CC(C)(CNC(=O)Nc1cccnn1)c1cccs1. The molecule has 100 valence electrons. The number of hydrogen-bond donors (Lipinski definition) is 2. The Hall–Kier alpha value is -1.95. The van der Waals surface area contributed by atoms with Crippen molar-refractivity contribution in [2.24, 2.45) is 0 Å². The van der Waals surface area contributed by atoms with Gasteiger partial charge in [-0.3, -0.25) is 5.32 Å². The van der Waals surface area contributed by atoms with Crippen molar-refractivity contribution >= 4 is 23.2 Å². The molecule has 0 aromatic carbocycles. The van der Waals surface area contributed by atoms with Crippen molar-refractivity contribution in [3.63, 3.8) is 0 Å². The van der Waals surface area contributed by atoms with Crippen LogP contribution in [0.25, 0.3) is 0 Å². The van der Waals surface area contributed by atoms with Crippen LogP contribution in [0.3, 0.4) is 0 Å². The highest BCUT2D eigenvalue weighted by Crippen LogP contribution is 2.26. The van der Waals surface area contributed by atoms with Crippen molar-refractivity contribution in [2.75, 3.05) is 11.9 Å². The van der Waals surface area contributed by atoms with E-state index in [4.69, 9.17) is 0 Å². The third kappa shape index (κ3) is 3.75. The third-order valence-corrected chi connectivity index (χ3v) is 3.93. The Kier molecular flexibility index (Phi) is 4.11. The van der Waals surface area contributed by atoms with Gasteiger partial charge in [0.15, 0.2) is 5.82 Å². The molecule has 2 amide bonds. The topological polar surface area (TPSA) is 66.9 Å². The van der Waals surface area contributed by atoms with Crippen molar-refractivity contribution in [1.29, 1.82) is 0 Å². The van der Waals surface area contributed by atoms with Gasteiger partial charge in [0, 0.05) is 23.0 Å². The molecule has 2 N–H and O–H groups in total. The zero-order valence-electron chi connectivity index (χ0n) is 10.9. The number of aromatic nitrogens is 2. The minimum absolute atomic E-state index is 0.0894. The van der Waals surface area contributed by atoms with Crippen LogP contribution < -0.4 is 10.6 Å². The lowest BCUT2D eigenvalue weighted by Gasteiger charge is -2.23. The van der Waals surface area contributed by atoms with Crippen LogP contribution in [0.5, 0.6) is 0 Å². The zero-order valence-corrected chi connectivity index (χ0v) is 11.7. The lowest BCUT2D eigenvalue weighted by Crippen LogP contribution is -2.38. The molecule has 0 aliphatic rings. The van der Waals surface area contributed by atoms with Gasteiger partial charge in [-0.15, -0.1) is 16.4 Å². The number of amides is 2. The van der Waals surface area contributed by atoms with E-state index in [0.29, 0.717) is 12.4 Å². The molecule has 2 rings (SSSR count). The average molecular weight is 276 g/mol. The van der Waals surface area contributed by atoms with E-state index in [0.717, 1.165) is 0 Å². The minimum atomic E-state index is -0.273. The summed E-state index contributed by atoms with van der Waals surface area (Å²) in [5, 5.41) is 15.0. The van der Waals surface area contributed by atoms with E-state index < -0.39 is 0 Å². The normalized spacial score (nSPS) is 11.1. The second kappa shape index (κ2) is 5.79. The fraction of sp³-hybridized carbons (Fsp3) is 0.308. The maximum atomic E-state index is 11.7. The number of anilines is 1. The van der Waals surface area contributed by atoms with Crippen molar-refractivity contribution in [1.82, 2.24) is 15.5 Å². The monoisotopic (exact) mass is 276 g/mol. The second-order valence-electron chi connectivity index (χ2n) is 4.78. The van der Waals surface area contributed by atoms with E-state index in [2.05, 4.69) is 40.7 Å². The first-order valence-corrected chi connectivity index (χ1v) is 6.82. The van der Waals surface area contributed by atoms with Gasteiger partial charge in [-0.1, -0.05) is 19.9 Å². The molecule has 2 aromatic rings. The summed E-state index contributed by atoms with van der Waals surface area (Å²) >= 11 is 1.69. The summed E-state index contributed by atoms with van der Waals surface area (Å²) in [6, 6.07) is 7.23. The number of nitrogens with one attached hydrogen (secondary N) is 2. The Morgan fingerprint density at radius 1 is 1.37 bits per heavy atom. The fourth-order valence-electron chi connectivity index (χ4n) is 1.58. The summed E-state index contributed by atoms with van der Waals surface area (Å²) in [6.45, 7) is 4.75. The Bertz CT molecular complexity index is 525. The highest BCUT2D eigenvalue weighted by molar-refractivity contribution is 7.10. The Balaban J connectivity index is 1.87. The maximum Gasteiger partial charge on any atom is 0.320 e. The molecule has 0 aliphatic heterocycles. The van der Waals surface area contributed by atoms with Crippen molar-refractivity contribution in [3.8, 4) is 0 Å². The molecular weight excluding hydrogens is 260 g/mol. The van der Waals surface area contributed by atoms with Crippen molar-refractivity contribution in [3.05, 3.63) is 40.7 Å². The third-order valence-electron chi connectivity index (χ3n) is 2.69. The molecule has 0 spiro atoms. The van der Waals surface area contributed by atoms with Crippen LogP contribution in [-0.2, 0) is 5.41 Å². The van der Waals surface area contributed by atoms with Gasteiger partial charge in [0.1, 0.15) is 0 Å². The van der Waals surface area contributed by atoms with Crippen LogP contribution in [0, 0.1) is 0 Å². The number of carbonyl (C=O) groups excluding carboxylic acids is 1. The second-order valence-corrected chi connectivity index (χ2v) is 5.73. The Morgan fingerprint density at radius 3 is 2.84 bits per heavy atom. The van der Waals surface area contributed by atoms with Crippen molar-refractivity contribution < 1.29 is 4.79 Å². The molecule has 19 heavy (non-hydrogen) atoms. The first kappa shape index (κ1) is 13.5. The highest BCUT2D eigenvalue weighted by Gasteiger charge is 2.22. The number of rotatable bonds is 4. The van der Waals surface area contributed by atoms with Crippen LogP contribution in [0.4, 0.5) is 10.6 Å². The molecule has 0 radical (unpaired) electrons. The summed E-state index contributed by atoms with van der Waals surface area (Å²) in [6.07, 6.45) is 1.56. The van der Waals surface area contributed by atoms with Gasteiger partial charge in [0.25, 0.3) is 0 Å². The smallest absolute Gasteiger partial charge is 0.320 e. The summed E-state index contributed by atoms with van der Waals surface area (Å²) in [7, 11) is 0. The molecule has 0 aliphatic carbocycles. The number of nitrogens with zero attached hydrogens (tertiary/aromatic N) is 2. The molecule has 0 fully saturated rings. The van der Waals surface area contributed by atoms with E-state index in [1.165, 1.54) is 4.88 Å². The summed E-state index contributed by atoms with van der Waals surface area (Å²) in [5.41, 5.74) is -0.0894. The first-order chi connectivity index (χ1) is 9.08. The molecule has 6 heteroatoms. The molecule has 2 aromatic heterocycles. The molecule has 0 atom stereocenters. The molecule has 0 bridgehead atoms. The Morgan fingerprint density at radius 2 is 2.21 bits per heavy atom. The summed E-state index contributed by atoms with van der Waals surface area (Å²) in [5.74, 6) is 0.439. The first-order valence-electron chi connectivity index (χ1n) is 5.94. The largest absolute Gasteiger partial charge is 0.337 e. The molecular formula is C13H16N4OS. The van der Waals surface area contributed by atoms with Crippen LogP contribution >= 0.6 is 11.3 Å². The van der Waals surface area contributed by atoms with Gasteiger partial charge in [-0.2, -0.15) is 5.10 Å². The van der Waals surface area contributed by atoms with Crippen molar-refractivity contribution in [2.45, 2.75) is 19.3 Å². The molecule has 0 saturated carbocycles. The van der Waals surface area contributed by atoms with Gasteiger partial charge >= 0.3 is 6.03 Å². The van der Waals surface area contributed by atoms with Gasteiger partial charge in [0.2, 0.25) is 0 Å². The number of thiophene rings is 1. The van der Waals surface area contributed by atoms with Gasteiger partial charge in [-0.25, -0.2) is 4.79 Å². The van der Waals surface area contributed by atoms with E-state index >= 15 is 0 Å². The van der Waals surface area contributed by atoms with E-state index in [1.54, 1.807) is 29.7 Å². The van der Waals surface area contributed by atoms with Crippen LogP contribution in [0.15, 0.2) is 35.8 Å². The van der Waals surface area contributed by atoms with E-state index in [1.807, 2.05) is 11.4 Å². The minimum Gasteiger partial charge on any atom is -0.337 e. The fourth-order valence-corrected chi connectivity index (χ4v) is 2.43. The molecule has 0 unspecified atom stereocenters. The summed E-state index contributed by atoms with van der Waals surface area (Å²) in [4.78, 5) is 13.0. The standard InChI is InChI=1S/C13H16N4OS/c1-13(2,10-5-4-8-19-10)9-14-12(18)16-11-6-3-7-15-17-11/h3-8H,9H2,1-2H3,(H2,14,16,17,18). The van der Waals surface area contributed by atoms with Crippen LogP contribution in [0.2, 0.25) is 0 Å². The molecule has 5 nitrogen and oxygen atoms in total. The van der Waals surface area contributed by atoms with Crippen LogP contribution in [0.1, 0.15) is 18.7 Å². The zero-order chi connectivity index (χ0) is 13.7. The maximum absolute atomic E-state index is 11.7. The van der Waals surface area contributed by atoms with E-state index in [-0.39, 0.29) is 11.4 Å². The summed E-state index contributed by atoms with van der Waals surface area (Å²) < 4.78 is 0. The average Bonchev–Trinajstić information content (AvgIpc) is 2.92. The Labute approximate surface area is 116 Å². The predicted octanol–water partition coefficient (Wildman–Crippen LogP) is 2.64. The lowest BCUT2D eigenvalue weighted by molar-refractivity contribution is 0.249. The van der Waals surface area contributed by atoms with Gasteiger partial charge in [0.05, 0.1) is 0 Å². The number of carbonyl (C=O) groups is 1. The van der Waals surface area contributed by atoms with Crippen LogP contribution in [-0.4, -0.2) is 22.8 Å². The van der Waals surface area contributed by atoms with Gasteiger partial charge in [-0.05, 0) is 23.6 Å². The molecule has 2 heterocycles. The number of urea groups is 1. The quantitative estimate of drug-likeness (QED) is 0.902. The number of hydrogen-bond acceptors (Lipinski definition) is 4. The predicted molar refractivity (Wildman–Crippen MR) is 76.4 cm³/mol. The highest BCUT2D eigenvalue weighted by atomic mass is 32.1. The lowest BCUT2D eigenvalue weighted by atomic mass is 9.91. The molecule has 0 saturated heterocycles. The van der Waals surface area contributed by atoms with Gasteiger partial charge < -0.3 is 5.32 Å².